The van der Waals surface area contributed by atoms with E-state index in [0.29, 0.717) is 0 Å². The van der Waals surface area contributed by atoms with Crippen molar-refractivity contribution in [2.75, 3.05) is 11.9 Å². The zero-order valence-corrected chi connectivity index (χ0v) is 13.8. The average Bonchev–Trinajstić information content (AvgIpc) is 2.37. The number of benzene rings is 2. The second-order valence-corrected chi connectivity index (χ2v) is 6.27. The van der Waals surface area contributed by atoms with Gasteiger partial charge in [0.1, 0.15) is 0 Å². The lowest BCUT2D eigenvalue weighted by Gasteiger charge is -2.24. The zero-order chi connectivity index (χ0) is 14.7. The molecule has 0 radical (unpaired) electrons. The minimum Gasteiger partial charge on any atom is -0.344 e. The van der Waals surface area contributed by atoms with Gasteiger partial charge in [-0.25, -0.2) is 0 Å². The quantitative estimate of drug-likeness (QED) is 0.898. The maximum atomic E-state index is 5.97. The SMILES string of the molecule is Cc1cccc(N(C)c2ccc(Br)cc2CC(C)N)c1. The molecule has 2 nitrogen and oxygen atoms in total. The Labute approximate surface area is 129 Å². The Hall–Kier alpha value is -1.32. The molecular weight excluding hydrogens is 312 g/mol. The number of rotatable bonds is 4. The Bertz CT molecular complexity index is 593. The average molecular weight is 333 g/mol. The van der Waals surface area contributed by atoms with Crippen molar-refractivity contribution >= 4 is 27.3 Å². The molecule has 0 aliphatic heterocycles. The van der Waals surface area contributed by atoms with Crippen LogP contribution in [0.4, 0.5) is 11.4 Å². The Balaban J connectivity index is 2.40. The first-order valence-corrected chi connectivity index (χ1v) is 7.61. The molecule has 0 aromatic heterocycles. The smallest absolute Gasteiger partial charge is 0.0442 e. The molecular formula is C17H21BrN2. The van der Waals surface area contributed by atoms with E-state index in [2.05, 4.69) is 77.3 Å². The van der Waals surface area contributed by atoms with Gasteiger partial charge in [-0.3, -0.25) is 0 Å². The van der Waals surface area contributed by atoms with Crippen LogP contribution < -0.4 is 10.6 Å². The Kier molecular flexibility index (Phi) is 4.84. The van der Waals surface area contributed by atoms with E-state index in [9.17, 15) is 0 Å². The van der Waals surface area contributed by atoms with E-state index >= 15 is 0 Å². The maximum absolute atomic E-state index is 5.97. The summed E-state index contributed by atoms with van der Waals surface area (Å²) >= 11 is 3.54. The molecule has 20 heavy (non-hydrogen) atoms. The largest absolute Gasteiger partial charge is 0.344 e. The number of hydrogen-bond acceptors (Lipinski definition) is 2. The minimum atomic E-state index is 0.147. The van der Waals surface area contributed by atoms with Crippen molar-refractivity contribution in [3.05, 3.63) is 58.1 Å². The molecule has 2 aromatic rings. The third kappa shape index (κ3) is 3.62. The molecule has 3 heteroatoms. The number of hydrogen-bond donors (Lipinski definition) is 1. The predicted octanol–water partition coefficient (Wildman–Crippen LogP) is 4.42. The number of nitrogens with zero attached hydrogens (tertiary/aromatic N) is 1. The first kappa shape index (κ1) is 15.1. The van der Waals surface area contributed by atoms with E-state index in [0.717, 1.165) is 10.9 Å². The van der Waals surface area contributed by atoms with Gasteiger partial charge in [-0.05, 0) is 61.7 Å². The van der Waals surface area contributed by atoms with Gasteiger partial charge in [-0.15, -0.1) is 0 Å². The van der Waals surface area contributed by atoms with Crippen molar-refractivity contribution in [2.24, 2.45) is 5.73 Å². The van der Waals surface area contributed by atoms with Gasteiger partial charge < -0.3 is 10.6 Å². The Morgan fingerprint density at radius 1 is 1.20 bits per heavy atom. The fourth-order valence-electron chi connectivity index (χ4n) is 2.37. The number of anilines is 2. The van der Waals surface area contributed by atoms with Gasteiger partial charge >= 0.3 is 0 Å². The second-order valence-electron chi connectivity index (χ2n) is 5.35. The van der Waals surface area contributed by atoms with Gasteiger partial charge in [0.15, 0.2) is 0 Å². The molecule has 1 unspecified atom stereocenters. The van der Waals surface area contributed by atoms with E-state index in [-0.39, 0.29) is 6.04 Å². The molecule has 106 valence electrons. The monoisotopic (exact) mass is 332 g/mol. The normalized spacial score (nSPS) is 12.2. The van der Waals surface area contributed by atoms with E-state index in [1.54, 1.807) is 0 Å². The van der Waals surface area contributed by atoms with Crippen LogP contribution in [0.2, 0.25) is 0 Å². The van der Waals surface area contributed by atoms with Crippen molar-refractivity contribution in [3.63, 3.8) is 0 Å². The molecule has 0 aliphatic rings. The van der Waals surface area contributed by atoms with Gasteiger partial charge in [0.2, 0.25) is 0 Å². The van der Waals surface area contributed by atoms with Crippen LogP contribution in [-0.4, -0.2) is 13.1 Å². The molecule has 0 saturated carbocycles. The van der Waals surface area contributed by atoms with Gasteiger partial charge in [-0.1, -0.05) is 28.1 Å². The number of aryl methyl sites for hydroxylation is 1. The molecule has 0 bridgehead atoms. The summed E-state index contributed by atoms with van der Waals surface area (Å²) in [7, 11) is 2.10. The topological polar surface area (TPSA) is 29.3 Å². The minimum absolute atomic E-state index is 0.147. The Morgan fingerprint density at radius 3 is 2.60 bits per heavy atom. The zero-order valence-electron chi connectivity index (χ0n) is 12.2. The third-order valence-corrected chi connectivity index (χ3v) is 3.83. The molecule has 1 atom stereocenters. The molecule has 2 aromatic carbocycles. The second kappa shape index (κ2) is 6.42. The standard InChI is InChI=1S/C17H21BrN2/c1-12-5-4-6-16(9-12)20(3)17-8-7-15(18)11-14(17)10-13(2)19/h4-9,11,13H,10,19H2,1-3H3. The number of halogens is 1. The van der Waals surface area contributed by atoms with Crippen LogP contribution in [0.5, 0.6) is 0 Å². The Morgan fingerprint density at radius 2 is 1.95 bits per heavy atom. The van der Waals surface area contributed by atoms with Gasteiger partial charge in [-0.2, -0.15) is 0 Å². The van der Waals surface area contributed by atoms with E-state index in [1.165, 1.54) is 22.5 Å². The molecule has 0 aliphatic carbocycles. The van der Waals surface area contributed by atoms with Gasteiger partial charge in [0.25, 0.3) is 0 Å². The summed E-state index contributed by atoms with van der Waals surface area (Å²) in [5, 5.41) is 0. The summed E-state index contributed by atoms with van der Waals surface area (Å²) < 4.78 is 1.09. The highest BCUT2D eigenvalue weighted by atomic mass is 79.9. The van der Waals surface area contributed by atoms with E-state index in [4.69, 9.17) is 5.73 Å². The molecule has 0 amide bonds. The van der Waals surface area contributed by atoms with E-state index < -0.39 is 0 Å². The predicted molar refractivity (Wildman–Crippen MR) is 90.7 cm³/mol. The molecule has 0 spiro atoms. The first-order chi connectivity index (χ1) is 9.47. The molecule has 0 saturated heterocycles. The van der Waals surface area contributed by atoms with Crippen molar-refractivity contribution in [1.29, 1.82) is 0 Å². The van der Waals surface area contributed by atoms with Crippen molar-refractivity contribution in [2.45, 2.75) is 26.3 Å². The van der Waals surface area contributed by atoms with Gasteiger partial charge in [0, 0.05) is 28.9 Å². The van der Waals surface area contributed by atoms with E-state index in [1.807, 2.05) is 6.92 Å². The van der Waals surface area contributed by atoms with Crippen molar-refractivity contribution in [3.8, 4) is 0 Å². The summed E-state index contributed by atoms with van der Waals surface area (Å²) in [6.07, 6.45) is 0.866. The summed E-state index contributed by atoms with van der Waals surface area (Å²) in [5.74, 6) is 0. The number of nitrogens with two attached hydrogens (primary N) is 1. The van der Waals surface area contributed by atoms with Crippen LogP contribution in [0.3, 0.4) is 0 Å². The lowest BCUT2D eigenvalue weighted by atomic mass is 10.0. The molecule has 2 rings (SSSR count). The van der Waals surface area contributed by atoms with Gasteiger partial charge in [0.05, 0.1) is 0 Å². The van der Waals surface area contributed by atoms with Crippen LogP contribution in [0.15, 0.2) is 46.9 Å². The summed E-state index contributed by atoms with van der Waals surface area (Å²) in [6.45, 7) is 4.15. The summed E-state index contributed by atoms with van der Waals surface area (Å²) in [6, 6.07) is 15.0. The summed E-state index contributed by atoms with van der Waals surface area (Å²) in [4.78, 5) is 2.22. The third-order valence-electron chi connectivity index (χ3n) is 3.33. The maximum Gasteiger partial charge on any atom is 0.0442 e. The van der Waals surface area contributed by atoms with Crippen LogP contribution in [0.1, 0.15) is 18.1 Å². The van der Waals surface area contributed by atoms with Crippen molar-refractivity contribution in [1.82, 2.24) is 0 Å². The lowest BCUT2D eigenvalue weighted by molar-refractivity contribution is 0.737. The fourth-order valence-corrected chi connectivity index (χ4v) is 2.78. The van der Waals surface area contributed by atoms with Crippen molar-refractivity contribution < 1.29 is 0 Å². The highest BCUT2D eigenvalue weighted by Crippen LogP contribution is 2.30. The van der Waals surface area contributed by atoms with Crippen LogP contribution in [0.25, 0.3) is 0 Å². The lowest BCUT2D eigenvalue weighted by Crippen LogP contribution is -2.20. The highest BCUT2D eigenvalue weighted by Gasteiger charge is 2.11. The van der Waals surface area contributed by atoms with Crippen LogP contribution >= 0.6 is 15.9 Å². The summed E-state index contributed by atoms with van der Waals surface area (Å²) in [5.41, 5.74) is 10.9. The highest BCUT2D eigenvalue weighted by molar-refractivity contribution is 9.10. The van der Waals surface area contributed by atoms with Crippen LogP contribution in [0, 0.1) is 6.92 Å². The van der Waals surface area contributed by atoms with Crippen LogP contribution in [-0.2, 0) is 6.42 Å². The first-order valence-electron chi connectivity index (χ1n) is 6.82. The molecule has 0 heterocycles. The molecule has 0 fully saturated rings. The fraction of sp³-hybridized carbons (Fsp3) is 0.294. The molecule has 2 N–H and O–H groups in total.